The Kier molecular flexibility index (Phi) is 11.0. The highest BCUT2D eigenvalue weighted by Crippen LogP contribution is 2.46. The predicted molar refractivity (Wildman–Crippen MR) is 194 cm³/mol. The number of carbonyl (C=O) groups is 2. The van der Waals surface area contributed by atoms with Crippen molar-refractivity contribution in [3.8, 4) is 5.75 Å². The summed E-state index contributed by atoms with van der Waals surface area (Å²) >= 11 is 12.6. The molecule has 0 aliphatic carbocycles. The summed E-state index contributed by atoms with van der Waals surface area (Å²) < 4.78 is 35.5. The van der Waals surface area contributed by atoms with Gasteiger partial charge in [0.2, 0.25) is 15.9 Å². The number of sulfonamides is 1. The van der Waals surface area contributed by atoms with Crippen LogP contribution < -0.4 is 10.5 Å². The molecule has 3 aromatic carbocycles. The fourth-order valence-electron chi connectivity index (χ4n) is 6.87. The average Bonchev–Trinajstić information content (AvgIpc) is 3.52. The number of halogens is 2. The summed E-state index contributed by atoms with van der Waals surface area (Å²) in [6.45, 7) is 6.43. The first-order valence-corrected chi connectivity index (χ1v) is 19.2. The summed E-state index contributed by atoms with van der Waals surface area (Å²) in [5.74, 6) is 0.283. The molecule has 3 unspecified atom stereocenters. The molecule has 3 heterocycles. The van der Waals surface area contributed by atoms with Crippen LogP contribution in [0.1, 0.15) is 61.9 Å². The van der Waals surface area contributed by atoms with Gasteiger partial charge in [-0.3, -0.25) is 19.6 Å². The Morgan fingerprint density at radius 2 is 1.48 bits per heavy atom. The minimum absolute atomic E-state index is 0.111. The zero-order valence-electron chi connectivity index (χ0n) is 28.2. The van der Waals surface area contributed by atoms with Gasteiger partial charge in [0.15, 0.2) is 0 Å². The molecule has 0 spiro atoms. The third kappa shape index (κ3) is 7.36. The normalized spacial score (nSPS) is 21.2. The molecule has 14 heteroatoms. The van der Waals surface area contributed by atoms with E-state index in [9.17, 15) is 18.0 Å². The van der Waals surface area contributed by atoms with E-state index >= 15 is 0 Å². The molecule has 2 N–H and O–H groups in total. The topological polar surface area (TPSA) is 129 Å². The lowest BCUT2D eigenvalue weighted by atomic mass is 9.93. The van der Waals surface area contributed by atoms with Gasteiger partial charge >= 0.3 is 6.03 Å². The Bertz CT molecular complexity index is 1840. The molecule has 0 saturated carbocycles. The smallest absolute Gasteiger partial charge is 0.326 e. The lowest BCUT2D eigenvalue weighted by Crippen LogP contribution is -2.57. The number of carbonyl (C=O) groups excluding carboxylic acids is 2. The van der Waals surface area contributed by atoms with Gasteiger partial charge in [-0.1, -0.05) is 53.9 Å². The van der Waals surface area contributed by atoms with Crippen molar-refractivity contribution in [3.63, 3.8) is 0 Å². The zero-order chi connectivity index (χ0) is 35.6. The molecule has 0 radical (unpaired) electrons. The molecule has 3 aliphatic heterocycles. The maximum atomic E-state index is 14.9. The van der Waals surface area contributed by atoms with E-state index < -0.39 is 34.1 Å². The minimum atomic E-state index is -3.83. The highest BCUT2D eigenvalue weighted by atomic mass is 35.5. The second-order valence-corrected chi connectivity index (χ2v) is 15.6. The van der Waals surface area contributed by atoms with Gasteiger partial charge in [0.25, 0.3) is 0 Å². The number of aliphatic imine (C=N–C) groups is 1. The molecule has 50 heavy (non-hydrogen) atoms. The Morgan fingerprint density at radius 3 is 2.06 bits per heavy atom. The molecule has 0 bridgehead atoms. The summed E-state index contributed by atoms with van der Waals surface area (Å²) in [5.41, 5.74) is 7.59. The number of piperazine rings is 1. The summed E-state index contributed by atoms with van der Waals surface area (Å²) in [7, 11) is -3.83. The number of primary amides is 1. The van der Waals surface area contributed by atoms with Crippen LogP contribution in [0.25, 0.3) is 0 Å². The van der Waals surface area contributed by atoms with Crippen LogP contribution >= 0.6 is 23.2 Å². The van der Waals surface area contributed by atoms with E-state index in [-0.39, 0.29) is 10.9 Å². The Morgan fingerprint density at radius 1 is 0.880 bits per heavy atom. The third-order valence-electron chi connectivity index (χ3n) is 9.68. The van der Waals surface area contributed by atoms with Crippen LogP contribution in [0.3, 0.4) is 0 Å². The van der Waals surface area contributed by atoms with Gasteiger partial charge in [-0.2, -0.15) is 4.31 Å². The van der Waals surface area contributed by atoms with Crippen molar-refractivity contribution in [3.05, 3.63) is 93.5 Å². The van der Waals surface area contributed by atoms with Crippen LogP contribution in [0.2, 0.25) is 10.0 Å². The van der Waals surface area contributed by atoms with Crippen molar-refractivity contribution >= 4 is 51.0 Å². The van der Waals surface area contributed by atoms with Crippen LogP contribution in [-0.4, -0.2) is 97.1 Å². The summed E-state index contributed by atoms with van der Waals surface area (Å²) in [6.07, 6.45) is 2.59. The molecule has 6 rings (SSSR count). The van der Waals surface area contributed by atoms with Crippen LogP contribution in [0.4, 0.5) is 4.79 Å². The summed E-state index contributed by atoms with van der Waals surface area (Å²) in [5, 5.41) is 1.10. The molecule has 0 aromatic heterocycles. The number of urea groups is 1. The van der Waals surface area contributed by atoms with Crippen LogP contribution in [0.5, 0.6) is 5.75 Å². The molecule has 3 atom stereocenters. The maximum absolute atomic E-state index is 14.9. The fourth-order valence-corrected chi connectivity index (χ4v) is 8.66. The van der Waals surface area contributed by atoms with Crippen molar-refractivity contribution in [2.75, 3.05) is 45.9 Å². The maximum Gasteiger partial charge on any atom is 0.326 e. The first kappa shape index (κ1) is 36.1. The van der Waals surface area contributed by atoms with E-state index in [1.165, 1.54) is 4.31 Å². The number of hydrogen-bond donors (Lipinski definition) is 1. The van der Waals surface area contributed by atoms with E-state index in [4.69, 9.17) is 38.7 Å². The molecule has 266 valence electrons. The van der Waals surface area contributed by atoms with Crippen molar-refractivity contribution in [1.82, 2.24) is 19.0 Å². The largest absolute Gasteiger partial charge is 0.493 e. The SMILES string of the molecule is CCOc1ccc(S(=O)(=O)N2CCCCC2)cc1C1=NC(c2ccc(Cl)cc2)C(c2ccc(Cl)cc2)N1C(=O)N1CCN(C(C)C(N)=O)CC1. The predicted octanol–water partition coefficient (Wildman–Crippen LogP) is 5.72. The molecular formula is C36H42Cl2N6O5S. The van der Waals surface area contributed by atoms with E-state index in [1.54, 1.807) is 59.2 Å². The number of rotatable bonds is 9. The Hall–Kier alpha value is -3.68. The number of hydrogen-bond acceptors (Lipinski definition) is 7. The van der Waals surface area contributed by atoms with Crippen molar-refractivity contribution < 1.29 is 22.7 Å². The molecule has 2 fully saturated rings. The Labute approximate surface area is 303 Å². The number of amides is 3. The third-order valence-corrected chi connectivity index (χ3v) is 12.1. The average molecular weight is 742 g/mol. The van der Waals surface area contributed by atoms with E-state index in [0.29, 0.717) is 73.1 Å². The van der Waals surface area contributed by atoms with Crippen molar-refractivity contribution in [1.29, 1.82) is 0 Å². The van der Waals surface area contributed by atoms with Crippen LogP contribution in [0, 0.1) is 0 Å². The first-order chi connectivity index (χ1) is 24.0. The Balaban J connectivity index is 1.49. The van der Waals surface area contributed by atoms with Crippen LogP contribution in [-0.2, 0) is 14.8 Å². The van der Waals surface area contributed by atoms with Gasteiger partial charge in [-0.15, -0.1) is 0 Å². The van der Waals surface area contributed by atoms with Crippen LogP contribution in [0.15, 0.2) is 76.6 Å². The second-order valence-electron chi connectivity index (χ2n) is 12.8. The summed E-state index contributed by atoms with van der Waals surface area (Å²) in [4.78, 5) is 37.5. The van der Waals surface area contributed by atoms with Gasteiger partial charge in [-0.25, -0.2) is 13.2 Å². The van der Waals surface area contributed by atoms with E-state index in [0.717, 1.165) is 30.4 Å². The van der Waals surface area contributed by atoms with E-state index in [2.05, 4.69) is 0 Å². The summed E-state index contributed by atoms with van der Waals surface area (Å²) in [6, 6.07) is 17.5. The monoisotopic (exact) mass is 740 g/mol. The van der Waals surface area contributed by atoms with Crippen molar-refractivity contribution in [2.45, 2.75) is 56.1 Å². The number of nitrogens with two attached hydrogens (primary N) is 1. The first-order valence-electron chi connectivity index (χ1n) is 17.0. The quantitative estimate of drug-likeness (QED) is 0.299. The van der Waals surface area contributed by atoms with Gasteiger partial charge in [0, 0.05) is 49.3 Å². The standard InChI is InChI=1S/C36H42Cl2N6O5S/c1-3-49-31-16-15-29(50(47,48)43-17-5-4-6-18-43)23-30(31)35-40-32(25-7-11-27(37)12-8-25)33(26-9-13-28(38)14-10-26)44(35)36(46)42-21-19-41(20-22-42)24(2)34(39)45/h7-16,23-24,32-33H,3-6,17-22H2,1-2H3,(H2,39,45). The zero-order valence-corrected chi connectivity index (χ0v) is 30.5. The minimum Gasteiger partial charge on any atom is -0.493 e. The molecule has 11 nitrogen and oxygen atoms in total. The molecule has 3 amide bonds. The number of piperidine rings is 1. The highest BCUT2D eigenvalue weighted by molar-refractivity contribution is 7.89. The fraction of sp³-hybridized carbons (Fsp3) is 0.417. The van der Waals surface area contributed by atoms with E-state index in [1.807, 2.05) is 36.1 Å². The highest BCUT2D eigenvalue weighted by Gasteiger charge is 2.45. The van der Waals surface area contributed by atoms with Gasteiger partial charge in [-0.05, 0) is 80.3 Å². The second kappa shape index (κ2) is 15.3. The van der Waals surface area contributed by atoms with Crippen molar-refractivity contribution in [2.24, 2.45) is 10.7 Å². The number of amidine groups is 1. The molecule has 2 saturated heterocycles. The number of benzene rings is 3. The number of ether oxygens (including phenoxy) is 1. The molecule has 3 aliphatic rings. The molecule has 3 aromatic rings. The van der Waals surface area contributed by atoms with Gasteiger partial charge < -0.3 is 15.4 Å². The van der Waals surface area contributed by atoms with Gasteiger partial charge in [0.1, 0.15) is 17.6 Å². The lowest BCUT2D eigenvalue weighted by molar-refractivity contribution is -0.123. The molecular weight excluding hydrogens is 699 g/mol. The van der Waals surface area contributed by atoms with Gasteiger partial charge in [0.05, 0.1) is 29.1 Å². The lowest BCUT2D eigenvalue weighted by Gasteiger charge is -2.40. The number of nitrogens with zero attached hydrogens (tertiary/aromatic N) is 5.